The molecule has 0 saturated carbocycles. The lowest BCUT2D eigenvalue weighted by molar-refractivity contribution is 0.407. The zero-order valence-corrected chi connectivity index (χ0v) is 16.2. The van der Waals surface area contributed by atoms with Crippen LogP contribution in [-0.4, -0.2) is 18.1 Å². The number of halogens is 2. The van der Waals surface area contributed by atoms with Crippen molar-refractivity contribution in [1.82, 2.24) is 10.3 Å². The van der Waals surface area contributed by atoms with Crippen molar-refractivity contribution in [3.05, 3.63) is 56.8 Å². The molecule has 2 aromatic rings. The van der Waals surface area contributed by atoms with Crippen molar-refractivity contribution in [3.63, 3.8) is 0 Å². The van der Waals surface area contributed by atoms with E-state index >= 15 is 0 Å². The fourth-order valence-electron chi connectivity index (χ4n) is 2.59. The summed E-state index contributed by atoms with van der Waals surface area (Å²) in [6, 6.07) is 5.26. The Hall–Kier alpha value is -1.98. The first kappa shape index (κ1) is 19.3. The van der Waals surface area contributed by atoms with E-state index in [-0.39, 0.29) is 6.04 Å². The molecule has 1 heterocycles. The van der Waals surface area contributed by atoms with Crippen LogP contribution < -0.4 is 15.8 Å². The van der Waals surface area contributed by atoms with Crippen LogP contribution in [0.1, 0.15) is 35.3 Å². The molecule has 0 aliphatic heterocycles. The van der Waals surface area contributed by atoms with Crippen molar-refractivity contribution < 1.29 is 4.74 Å². The lowest BCUT2D eigenvalue weighted by Gasteiger charge is -2.17. The fourth-order valence-corrected chi connectivity index (χ4v) is 3.16. The van der Waals surface area contributed by atoms with E-state index in [1.54, 1.807) is 25.4 Å². The summed E-state index contributed by atoms with van der Waals surface area (Å²) in [5, 5.41) is 4.31. The van der Waals surface area contributed by atoms with E-state index in [9.17, 15) is 0 Å². The molecule has 1 unspecified atom stereocenters. The van der Waals surface area contributed by atoms with Crippen LogP contribution in [0.2, 0.25) is 10.0 Å². The Labute approximate surface area is 158 Å². The Morgan fingerprint density at radius 1 is 1.36 bits per heavy atom. The average molecular weight is 381 g/mol. The Morgan fingerprint density at radius 3 is 2.72 bits per heavy atom. The molecule has 5 nitrogen and oxygen atoms in total. The van der Waals surface area contributed by atoms with E-state index in [0.29, 0.717) is 22.5 Å². The summed E-state index contributed by atoms with van der Waals surface area (Å²) in [5.74, 6) is 1.15. The second-order valence-electron chi connectivity index (χ2n) is 5.78. The number of nitrogens with one attached hydrogen (secondary N) is 1. The predicted molar refractivity (Wildman–Crippen MR) is 104 cm³/mol. The topological polar surface area (TPSA) is 72.5 Å². The highest BCUT2D eigenvalue weighted by molar-refractivity contribution is 6.35. The summed E-state index contributed by atoms with van der Waals surface area (Å²) >= 11 is 12.1. The minimum Gasteiger partial charge on any atom is -0.496 e. The Kier molecular flexibility index (Phi) is 6.51. The number of benzene rings is 1. The van der Waals surface area contributed by atoms with Gasteiger partial charge in [0.1, 0.15) is 5.75 Å². The number of nitrogens with two attached hydrogens (primary N) is 1. The third-order valence-electron chi connectivity index (χ3n) is 3.94. The molecule has 1 atom stereocenters. The molecule has 0 spiro atoms. The average Bonchev–Trinajstić information content (AvgIpc) is 2.54. The molecule has 1 aromatic heterocycles. The molecule has 0 aliphatic carbocycles. The van der Waals surface area contributed by atoms with E-state index in [1.807, 2.05) is 26.8 Å². The number of aromatic nitrogens is 1. The van der Waals surface area contributed by atoms with Crippen molar-refractivity contribution in [1.29, 1.82) is 0 Å². The minimum absolute atomic E-state index is 0.102. The monoisotopic (exact) mass is 380 g/mol. The van der Waals surface area contributed by atoms with E-state index in [2.05, 4.69) is 15.3 Å². The van der Waals surface area contributed by atoms with Gasteiger partial charge >= 0.3 is 0 Å². The zero-order valence-electron chi connectivity index (χ0n) is 14.7. The van der Waals surface area contributed by atoms with Crippen molar-refractivity contribution >= 4 is 29.2 Å². The molecular formula is C18H22Cl2N4O. The lowest BCUT2D eigenvalue weighted by Crippen LogP contribution is -2.34. The number of rotatable bonds is 5. The standard InChI is InChI=1S/C18H22Cl2N4O/c1-10-8-22-16(11(2)17(10)25-4)9-23-18(21)24-12(3)14-6-5-13(19)7-15(14)20/h5-8,12H,9H2,1-4H3,(H3,21,23,24). The number of guanidine groups is 1. The molecule has 0 bridgehead atoms. The van der Waals surface area contributed by atoms with Crippen molar-refractivity contribution in [2.45, 2.75) is 33.4 Å². The van der Waals surface area contributed by atoms with Gasteiger partial charge in [-0.3, -0.25) is 4.98 Å². The maximum absolute atomic E-state index is 6.22. The van der Waals surface area contributed by atoms with Crippen LogP contribution >= 0.6 is 23.2 Å². The first-order valence-corrected chi connectivity index (χ1v) is 8.59. The summed E-state index contributed by atoms with van der Waals surface area (Å²) in [6.45, 7) is 6.24. The van der Waals surface area contributed by atoms with Gasteiger partial charge in [0.15, 0.2) is 5.96 Å². The highest BCUT2D eigenvalue weighted by Crippen LogP contribution is 2.26. The smallest absolute Gasteiger partial charge is 0.189 e. The van der Waals surface area contributed by atoms with Gasteiger partial charge in [0.25, 0.3) is 0 Å². The largest absolute Gasteiger partial charge is 0.496 e. The van der Waals surface area contributed by atoms with Gasteiger partial charge in [0.2, 0.25) is 0 Å². The molecule has 2 rings (SSSR count). The molecule has 25 heavy (non-hydrogen) atoms. The SMILES string of the molecule is COc1c(C)cnc(CN=C(N)NC(C)c2ccc(Cl)cc2Cl)c1C. The molecule has 1 aromatic carbocycles. The number of methoxy groups -OCH3 is 1. The van der Waals surface area contributed by atoms with E-state index in [1.165, 1.54) is 0 Å². The Morgan fingerprint density at radius 2 is 2.08 bits per heavy atom. The molecular weight excluding hydrogens is 359 g/mol. The zero-order chi connectivity index (χ0) is 18.6. The van der Waals surface area contributed by atoms with Crippen molar-refractivity contribution in [2.75, 3.05) is 7.11 Å². The highest BCUT2D eigenvalue weighted by Gasteiger charge is 2.12. The molecule has 0 aliphatic rings. The van der Waals surface area contributed by atoms with Crippen LogP contribution in [0, 0.1) is 13.8 Å². The van der Waals surface area contributed by atoms with Gasteiger partial charge in [-0.15, -0.1) is 0 Å². The van der Waals surface area contributed by atoms with Gasteiger partial charge in [-0.2, -0.15) is 0 Å². The second-order valence-corrected chi connectivity index (χ2v) is 6.62. The number of hydrogen-bond donors (Lipinski definition) is 2. The van der Waals surface area contributed by atoms with Crippen LogP contribution in [0.3, 0.4) is 0 Å². The molecule has 0 amide bonds. The highest BCUT2D eigenvalue weighted by atomic mass is 35.5. The third kappa shape index (κ3) is 4.77. The van der Waals surface area contributed by atoms with E-state index in [0.717, 1.165) is 28.1 Å². The Bertz CT molecular complexity index is 793. The van der Waals surface area contributed by atoms with Crippen molar-refractivity contribution in [3.8, 4) is 5.75 Å². The van der Waals surface area contributed by atoms with Gasteiger partial charge < -0.3 is 15.8 Å². The second kappa shape index (κ2) is 8.41. The van der Waals surface area contributed by atoms with Crippen LogP contribution in [0.15, 0.2) is 29.4 Å². The van der Waals surface area contributed by atoms with Crippen LogP contribution in [0.25, 0.3) is 0 Å². The van der Waals surface area contributed by atoms with Crippen molar-refractivity contribution in [2.24, 2.45) is 10.7 Å². The molecule has 0 saturated heterocycles. The maximum atomic E-state index is 6.22. The van der Waals surface area contributed by atoms with Gasteiger partial charge in [0, 0.05) is 27.4 Å². The van der Waals surface area contributed by atoms with Gasteiger partial charge in [0.05, 0.1) is 25.4 Å². The first-order chi connectivity index (χ1) is 11.8. The molecule has 134 valence electrons. The predicted octanol–water partition coefficient (Wildman–Crippen LogP) is 4.18. The maximum Gasteiger partial charge on any atom is 0.189 e. The summed E-state index contributed by atoms with van der Waals surface area (Å²) in [7, 11) is 1.65. The number of aliphatic imine (C=N–C) groups is 1. The van der Waals surface area contributed by atoms with Gasteiger partial charge in [-0.25, -0.2) is 4.99 Å². The summed E-state index contributed by atoms with van der Waals surface area (Å²) < 4.78 is 5.41. The fraction of sp³-hybridized carbons (Fsp3) is 0.333. The van der Waals surface area contributed by atoms with Crippen LogP contribution in [0.4, 0.5) is 0 Å². The number of hydrogen-bond acceptors (Lipinski definition) is 3. The number of nitrogens with zero attached hydrogens (tertiary/aromatic N) is 2. The Balaban J connectivity index is 2.09. The quantitative estimate of drug-likeness (QED) is 0.602. The first-order valence-electron chi connectivity index (χ1n) is 7.84. The molecule has 0 fully saturated rings. The molecule has 7 heteroatoms. The number of pyridine rings is 1. The number of ether oxygens (including phenoxy) is 1. The van der Waals surface area contributed by atoms with Gasteiger partial charge in [-0.1, -0.05) is 29.3 Å². The van der Waals surface area contributed by atoms with E-state index in [4.69, 9.17) is 33.7 Å². The normalized spacial score (nSPS) is 12.8. The third-order valence-corrected chi connectivity index (χ3v) is 4.50. The van der Waals surface area contributed by atoms with Gasteiger partial charge in [-0.05, 0) is 38.5 Å². The minimum atomic E-state index is -0.102. The molecule has 0 radical (unpaired) electrons. The summed E-state index contributed by atoms with van der Waals surface area (Å²) in [5.41, 5.74) is 9.68. The summed E-state index contributed by atoms with van der Waals surface area (Å²) in [6.07, 6.45) is 1.77. The lowest BCUT2D eigenvalue weighted by atomic mass is 10.1. The number of aryl methyl sites for hydroxylation is 1. The summed E-state index contributed by atoms with van der Waals surface area (Å²) in [4.78, 5) is 8.78. The molecule has 3 N–H and O–H groups in total. The van der Waals surface area contributed by atoms with Crippen LogP contribution in [-0.2, 0) is 6.54 Å². The van der Waals surface area contributed by atoms with E-state index < -0.39 is 0 Å². The van der Waals surface area contributed by atoms with Crippen LogP contribution in [0.5, 0.6) is 5.75 Å².